The summed E-state index contributed by atoms with van der Waals surface area (Å²) in [7, 11) is 0. The molecular formula is C28H39N5O6. The molecule has 4 atom stereocenters. The lowest BCUT2D eigenvalue weighted by Gasteiger charge is -2.25. The fourth-order valence-corrected chi connectivity index (χ4v) is 3.82. The highest BCUT2D eigenvalue weighted by molar-refractivity contribution is 5.94. The van der Waals surface area contributed by atoms with Crippen LogP contribution < -0.4 is 26.6 Å². The van der Waals surface area contributed by atoms with Crippen LogP contribution in [0.15, 0.2) is 54.6 Å². The van der Waals surface area contributed by atoms with Gasteiger partial charge in [-0.1, -0.05) is 76.3 Å². The number of carboxylic acid groups (broad SMARTS) is 1. The molecule has 0 unspecified atom stereocenters. The van der Waals surface area contributed by atoms with Crippen LogP contribution in [0.3, 0.4) is 0 Å². The summed E-state index contributed by atoms with van der Waals surface area (Å²) in [5.74, 6) is -2.95. The molecule has 1 heterocycles. The van der Waals surface area contributed by atoms with Gasteiger partial charge in [-0.2, -0.15) is 0 Å². The third-order valence-electron chi connectivity index (χ3n) is 6.12. The quantitative estimate of drug-likeness (QED) is 0.258. The van der Waals surface area contributed by atoms with Gasteiger partial charge in [0.2, 0.25) is 17.7 Å². The smallest absolute Gasteiger partial charge is 0.326 e. The van der Waals surface area contributed by atoms with Crippen molar-refractivity contribution in [2.75, 3.05) is 6.54 Å². The van der Waals surface area contributed by atoms with Gasteiger partial charge in [-0.15, -0.1) is 0 Å². The summed E-state index contributed by atoms with van der Waals surface area (Å²) in [6, 6.07) is 4.44. The van der Waals surface area contributed by atoms with Crippen molar-refractivity contribution in [2.45, 2.75) is 64.7 Å². The first-order chi connectivity index (χ1) is 18.5. The average molecular weight is 542 g/mol. The van der Waals surface area contributed by atoms with Gasteiger partial charge in [0.05, 0.1) is 0 Å². The number of amides is 5. The molecule has 1 aromatic rings. The number of hydrogen-bond acceptors (Lipinski definition) is 5. The number of carbonyl (C=O) groups is 5. The van der Waals surface area contributed by atoms with Crippen LogP contribution in [0.2, 0.25) is 0 Å². The van der Waals surface area contributed by atoms with Crippen molar-refractivity contribution in [3.63, 3.8) is 0 Å². The maximum Gasteiger partial charge on any atom is 0.326 e. The maximum absolute atomic E-state index is 13.4. The van der Waals surface area contributed by atoms with Gasteiger partial charge in [-0.3, -0.25) is 14.4 Å². The Morgan fingerprint density at radius 3 is 2.33 bits per heavy atom. The lowest BCUT2D eigenvalue weighted by Crippen LogP contribution is -2.58. The molecule has 0 saturated heterocycles. The van der Waals surface area contributed by atoms with Gasteiger partial charge in [0.15, 0.2) is 0 Å². The first kappa shape index (κ1) is 31.1. The van der Waals surface area contributed by atoms with Gasteiger partial charge < -0.3 is 31.7 Å². The molecular weight excluding hydrogens is 502 g/mol. The summed E-state index contributed by atoms with van der Waals surface area (Å²) in [5.41, 5.74) is 0.760. The number of benzene rings is 1. The van der Waals surface area contributed by atoms with Crippen LogP contribution in [-0.2, 0) is 25.6 Å². The van der Waals surface area contributed by atoms with E-state index < -0.39 is 48.0 Å². The Morgan fingerprint density at radius 2 is 1.72 bits per heavy atom. The summed E-state index contributed by atoms with van der Waals surface area (Å²) in [6.07, 6.45) is 6.77. The van der Waals surface area contributed by atoms with Crippen molar-refractivity contribution in [1.29, 1.82) is 0 Å². The fraction of sp³-hybridized carbons (Fsp3) is 0.464. The van der Waals surface area contributed by atoms with E-state index in [1.165, 1.54) is 6.08 Å². The number of aliphatic carboxylic acids is 1. The van der Waals surface area contributed by atoms with Crippen molar-refractivity contribution >= 4 is 29.7 Å². The van der Waals surface area contributed by atoms with E-state index in [1.54, 1.807) is 56.3 Å². The number of rotatable bonds is 9. The van der Waals surface area contributed by atoms with Gasteiger partial charge >= 0.3 is 12.0 Å². The van der Waals surface area contributed by atoms with E-state index in [9.17, 15) is 29.1 Å². The first-order valence-corrected chi connectivity index (χ1v) is 13.0. The summed E-state index contributed by atoms with van der Waals surface area (Å²) < 4.78 is 0. The molecule has 0 bridgehead atoms. The SMILES string of the molecule is CC(C)[C@H](NC(=O)N[C@@H](Cc1ccccc1)C(=O)N[C@H]1/C=C/CCNC(=O)/C=C/[C@H](C(C)C)NC1=O)C(=O)O. The number of carbonyl (C=O) groups excluding carboxylic acids is 4. The monoisotopic (exact) mass is 541 g/mol. The second-order valence-electron chi connectivity index (χ2n) is 10.1. The van der Waals surface area contributed by atoms with E-state index >= 15 is 0 Å². The molecule has 0 aromatic heterocycles. The minimum absolute atomic E-state index is 0.0272. The van der Waals surface area contributed by atoms with E-state index in [2.05, 4.69) is 26.6 Å². The highest BCUT2D eigenvalue weighted by Crippen LogP contribution is 2.08. The van der Waals surface area contributed by atoms with Gasteiger partial charge in [0.1, 0.15) is 18.1 Å². The Kier molecular flexibility index (Phi) is 12.2. The normalized spacial score (nSPS) is 21.3. The third kappa shape index (κ3) is 10.6. The molecule has 0 fully saturated rings. The number of hydrogen-bond donors (Lipinski definition) is 6. The molecule has 11 heteroatoms. The molecule has 11 nitrogen and oxygen atoms in total. The Morgan fingerprint density at radius 1 is 1.03 bits per heavy atom. The molecule has 0 spiro atoms. The number of nitrogens with one attached hydrogen (secondary N) is 5. The number of carboxylic acids is 1. The van der Waals surface area contributed by atoms with Crippen molar-refractivity contribution < 1.29 is 29.1 Å². The molecule has 1 aliphatic heterocycles. The highest BCUT2D eigenvalue weighted by atomic mass is 16.4. The maximum atomic E-state index is 13.4. The van der Waals surface area contributed by atoms with Crippen LogP contribution in [-0.4, -0.2) is 65.5 Å². The van der Waals surface area contributed by atoms with Crippen LogP contribution in [0.5, 0.6) is 0 Å². The Balaban J connectivity index is 2.26. The van der Waals surface area contributed by atoms with Crippen LogP contribution >= 0.6 is 0 Å². The summed E-state index contributed by atoms with van der Waals surface area (Å²) in [6.45, 7) is 7.46. The van der Waals surface area contributed by atoms with Crippen LogP contribution in [0.4, 0.5) is 4.79 Å². The van der Waals surface area contributed by atoms with E-state index in [1.807, 2.05) is 19.9 Å². The molecule has 0 radical (unpaired) electrons. The van der Waals surface area contributed by atoms with Crippen LogP contribution in [0, 0.1) is 11.8 Å². The fourth-order valence-electron chi connectivity index (χ4n) is 3.82. The minimum atomic E-state index is -1.19. The molecule has 5 amide bonds. The Labute approximate surface area is 228 Å². The van der Waals surface area contributed by atoms with Crippen LogP contribution in [0.1, 0.15) is 39.7 Å². The zero-order valence-corrected chi connectivity index (χ0v) is 22.8. The lowest BCUT2D eigenvalue weighted by atomic mass is 10.0. The van der Waals surface area contributed by atoms with Gasteiger partial charge in [0, 0.05) is 25.1 Å². The highest BCUT2D eigenvalue weighted by Gasteiger charge is 2.29. The van der Waals surface area contributed by atoms with Gasteiger partial charge in [0.25, 0.3) is 0 Å². The second-order valence-corrected chi connectivity index (χ2v) is 10.1. The summed E-state index contributed by atoms with van der Waals surface area (Å²) >= 11 is 0. The van der Waals surface area contributed by atoms with Crippen molar-refractivity contribution in [3.8, 4) is 0 Å². The molecule has 1 aliphatic rings. The summed E-state index contributed by atoms with van der Waals surface area (Å²) in [4.78, 5) is 62.8. The summed E-state index contributed by atoms with van der Waals surface area (Å²) in [5, 5.41) is 22.7. The predicted molar refractivity (Wildman–Crippen MR) is 146 cm³/mol. The topological polar surface area (TPSA) is 166 Å². The molecule has 0 aliphatic carbocycles. The molecule has 6 N–H and O–H groups in total. The molecule has 0 saturated carbocycles. The third-order valence-corrected chi connectivity index (χ3v) is 6.12. The zero-order chi connectivity index (χ0) is 28.9. The van der Waals surface area contributed by atoms with E-state index in [-0.39, 0.29) is 24.2 Å². The number of urea groups is 1. The Bertz CT molecular complexity index is 1070. The first-order valence-electron chi connectivity index (χ1n) is 13.0. The second kappa shape index (κ2) is 15.3. The average Bonchev–Trinajstić information content (AvgIpc) is 2.87. The molecule has 2 rings (SSSR count). The largest absolute Gasteiger partial charge is 0.480 e. The molecule has 1 aromatic carbocycles. The van der Waals surface area contributed by atoms with E-state index in [0.717, 1.165) is 5.56 Å². The zero-order valence-electron chi connectivity index (χ0n) is 22.8. The predicted octanol–water partition coefficient (Wildman–Crippen LogP) is 1.26. The minimum Gasteiger partial charge on any atom is -0.480 e. The van der Waals surface area contributed by atoms with Crippen molar-refractivity contribution in [2.24, 2.45) is 11.8 Å². The van der Waals surface area contributed by atoms with Crippen LogP contribution in [0.25, 0.3) is 0 Å². The van der Waals surface area contributed by atoms with Gasteiger partial charge in [-0.05, 0) is 23.8 Å². The molecule has 39 heavy (non-hydrogen) atoms. The van der Waals surface area contributed by atoms with E-state index in [4.69, 9.17) is 0 Å². The molecule has 212 valence electrons. The van der Waals surface area contributed by atoms with Gasteiger partial charge in [-0.25, -0.2) is 9.59 Å². The van der Waals surface area contributed by atoms with E-state index in [0.29, 0.717) is 13.0 Å². The van der Waals surface area contributed by atoms with Crippen molar-refractivity contribution in [1.82, 2.24) is 26.6 Å². The standard InChI is InChI=1S/C28H39N5O6/c1-17(2)20-13-14-23(34)29-15-9-8-12-21(25(35)30-20)31-26(36)22(16-19-10-6-5-7-11-19)32-28(39)33-24(18(3)4)27(37)38/h5-8,10-14,17-18,20-22,24H,9,15-16H2,1-4H3,(H,29,34)(H,30,35)(H,31,36)(H,37,38)(H2,32,33,39)/b12-8+,14-13+/t20-,21+,22+,24+/m1/s1. The van der Waals surface area contributed by atoms with Crippen molar-refractivity contribution in [3.05, 3.63) is 60.2 Å². The Hall–Kier alpha value is -4.15. The lowest BCUT2D eigenvalue weighted by molar-refractivity contribution is -0.140.